The molecule has 14 heterocycles. The van der Waals surface area contributed by atoms with Gasteiger partial charge in [-0.3, -0.25) is 9.97 Å². The van der Waals surface area contributed by atoms with E-state index in [-0.39, 0.29) is 0 Å². The minimum absolute atomic E-state index is 0.662. The molecule has 30 N–H and O–H groups in total. The van der Waals surface area contributed by atoms with E-state index in [1.54, 1.807) is 79.4 Å². The smallest absolute Gasteiger partial charge is 0.158 e. The van der Waals surface area contributed by atoms with Gasteiger partial charge < -0.3 is 115 Å². The largest absolute Gasteiger partial charge is 0.454 e. The molecule has 15 rings (SSSR count). The van der Waals surface area contributed by atoms with Crippen LogP contribution in [0.25, 0.3) is 83.1 Å². The number of hydrogen-bond donors (Lipinski definition) is 20. The number of nitrogens with one attached hydrogen (secondary N) is 10. The third-order valence-corrected chi connectivity index (χ3v) is 36.2. The van der Waals surface area contributed by atoms with Gasteiger partial charge >= 0.3 is 0 Å². The summed E-state index contributed by atoms with van der Waals surface area (Å²) in [5.41, 5.74) is 76.0. The van der Waals surface area contributed by atoms with Crippen molar-refractivity contribution in [1.82, 2.24) is 73.3 Å². The van der Waals surface area contributed by atoms with E-state index >= 15 is 0 Å². The number of thiophene rings is 10. The Balaban J connectivity index is 0.000000175. The maximum Gasteiger partial charge on any atom is 0.158 e. The van der Waals surface area contributed by atoms with Gasteiger partial charge in [0.15, 0.2) is 10.0 Å². The summed E-state index contributed by atoms with van der Waals surface area (Å²) in [6, 6.07) is 36.2. The van der Waals surface area contributed by atoms with E-state index in [1.165, 1.54) is 164 Å². The number of nitrogens with two attached hydrogens (primary N) is 10. The van der Waals surface area contributed by atoms with Crippen molar-refractivity contribution in [2.24, 2.45) is 67.5 Å². The minimum Gasteiger partial charge on any atom is -0.454 e. The summed E-state index contributed by atoms with van der Waals surface area (Å²) in [4.78, 5) is 35.5. The van der Waals surface area contributed by atoms with Gasteiger partial charge in [-0.2, -0.15) is 10.2 Å². The molecular formula is C109H160N26OS11. The van der Waals surface area contributed by atoms with Crippen molar-refractivity contribution in [3.05, 3.63) is 224 Å². The van der Waals surface area contributed by atoms with Crippen LogP contribution < -0.4 is 111 Å². The molecule has 1 aromatic carbocycles. The topological polar surface area (TPSA) is 470 Å². The van der Waals surface area contributed by atoms with E-state index in [9.17, 15) is 0 Å². The van der Waals surface area contributed by atoms with Gasteiger partial charge in [-0.25, -0.2) is 0 Å². The maximum absolute atomic E-state index is 6.36. The second-order valence-electron chi connectivity index (χ2n) is 36.2. The Kier molecular flexibility index (Phi) is 53.8. The molecule has 0 atom stereocenters. The molecule has 0 fully saturated rings. The lowest BCUT2D eigenvalue weighted by molar-refractivity contribution is 0.598. The molecule has 0 unspecified atom stereocenters. The summed E-state index contributed by atoms with van der Waals surface area (Å²) in [6.45, 7) is 46.2. The van der Waals surface area contributed by atoms with E-state index in [0.29, 0.717) is 65.4 Å². The van der Waals surface area contributed by atoms with E-state index in [0.717, 1.165) is 246 Å². The Morgan fingerprint density at radius 2 is 0.415 bits per heavy atom. The number of furan rings is 1. The van der Waals surface area contributed by atoms with Crippen LogP contribution in [0.5, 0.6) is 0 Å². The number of rotatable bonds is 60. The quantitative estimate of drug-likeness (QED) is 0.0157. The van der Waals surface area contributed by atoms with Crippen LogP contribution in [0.4, 0.5) is 0 Å². The van der Waals surface area contributed by atoms with Crippen LogP contribution in [0.2, 0.25) is 0 Å². The van der Waals surface area contributed by atoms with Gasteiger partial charge in [0.1, 0.15) is 11.5 Å². The minimum atomic E-state index is 0.662. The number of hydrogen-bond acceptors (Lipinski definition) is 38. The molecule has 798 valence electrons. The highest BCUT2D eigenvalue weighted by Crippen LogP contribution is 2.45. The van der Waals surface area contributed by atoms with Crippen molar-refractivity contribution in [2.75, 3.05) is 196 Å². The molecule has 0 saturated carbocycles. The monoisotopic (exact) mass is 2200 g/mol. The average molecular weight is 2200 g/mol. The molecule has 0 amide bonds. The van der Waals surface area contributed by atoms with Crippen LogP contribution in [0.1, 0.15) is 121 Å². The van der Waals surface area contributed by atoms with Crippen molar-refractivity contribution in [3.8, 4) is 83.1 Å². The molecule has 0 saturated heterocycles. The summed E-state index contributed by atoms with van der Waals surface area (Å²) in [5, 5.41) is 54.1. The first kappa shape index (κ1) is 120. The van der Waals surface area contributed by atoms with Crippen molar-refractivity contribution in [1.29, 1.82) is 0 Å². The predicted molar refractivity (Wildman–Crippen MR) is 644 cm³/mol. The molecule has 0 bridgehead atoms. The number of aryl methyl sites for hydroxylation is 10. The summed E-state index contributed by atoms with van der Waals surface area (Å²) in [6.07, 6.45) is 14.5. The Labute approximate surface area is 916 Å². The number of nitrogens with zero attached hydrogens (tertiary/aromatic N) is 6. The zero-order valence-electron chi connectivity index (χ0n) is 87.7. The standard InChI is InChI=1S/C24H34N4S2.C22H32N6S2.C22H32N4OS2.C21H32N6S2.C20H30N6S3/c1-17-15-21(7-11-27-13-9-25)23(29-17)19-3-5-20(6-4-19)24-22(16-18(2)30-24)8-12-28-14-10-26;1-15-11-17(3-7-25-9-5-23)21(29-15)19-13-28-20(14-27-19)22-18(12-16(2)30-22)4-8-26-10-6-24;1-15-13-17(5-9-25-11-7-23)21(28-15)19-3-4-20(27-19)22-18(14-16(2)29-22)6-10-26-12-8-24;1-14-11-16(3-7-24-9-5-22)20(28-14)18-13-19(27-26-18)21-17(12-15(2)29-21)4-8-25-10-6-23;1-13-11-15(3-7-23-9-5-21)17(27-13)19-25-26-20(29-19)18-16(12-14(2)28-18)4-8-24-10-6-22/h3-6,15-16,27-28H,7-14,25-26H2,1-2H3;11-14,25-26H,3-10,23-24H2,1-2H3;3-4,13-14,25-26H,5-12,23-24H2,1-2H3;11-12,24-25H,3-10,13,22-23H2,1-2H3;11-12,23-24H,3-10,21-22H2,1-2H3. The first-order valence-corrected chi connectivity index (χ1v) is 60.6. The lowest BCUT2D eigenvalue weighted by atomic mass is 10.0. The van der Waals surface area contributed by atoms with Crippen LogP contribution in [0, 0.1) is 69.2 Å². The lowest BCUT2D eigenvalue weighted by Crippen LogP contribution is -2.24. The molecule has 147 heavy (non-hydrogen) atoms. The molecule has 27 nitrogen and oxygen atoms in total. The van der Waals surface area contributed by atoms with Crippen molar-refractivity contribution in [2.45, 2.75) is 140 Å². The van der Waals surface area contributed by atoms with Gasteiger partial charge in [0, 0.05) is 196 Å². The zero-order chi connectivity index (χ0) is 105. The van der Waals surface area contributed by atoms with Gasteiger partial charge in [0.25, 0.3) is 0 Å². The normalized spacial score (nSPS) is 11.9. The van der Waals surface area contributed by atoms with Gasteiger partial charge in [0.05, 0.1) is 74.2 Å². The van der Waals surface area contributed by atoms with Gasteiger partial charge in [-0.05, 0) is 338 Å². The Morgan fingerprint density at radius 1 is 0.224 bits per heavy atom. The molecule has 0 spiro atoms. The highest BCUT2D eigenvalue weighted by Gasteiger charge is 2.27. The first-order chi connectivity index (χ1) is 71.6. The molecular weight excluding hydrogens is 2040 g/mol. The fourth-order valence-electron chi connectivity index (χ4n) is 17.1. The Hall–Kier alpha value is -7.32. The van der Waals surface area contributed by atoms with Crippen LogP contribution in [0.3, 0.4) is 0 Å². The van der Waals surface area contributed by atoms with E-state index < -0.39 is 0 Å². The first-order valence-electron chi connectivity index (χ1n) is 51.6. The van der Waals surface area contributed by atoms with Crippen LogP contribution in [-0.4, -0.2) is 228 Å². The number of aromatic nitrogens is 4. The fraction of sp³-hybridized carbons (Fsp3) is 0.468. The van der Waals surface area contributed by atoms with Crippen LogP contribution in [-0.2, 0) is 64.2 Å². The molecule has 1 aliphatic heterocycles. The van der Waals surface area contributed by atoms with Gasteiger partial charge in [-0.15, -0.1) is 124 Å². The summed E-state index contributed by atoms with van der Waals surface area (Å²) >= 11 is 19.9. The predicted octanol–water partition coefficient (Wildman–Crippen LogP) is 15.2. The fourth-order valence-corrected chi connectivity index (χ4v) is 28.7. The van der Waals surface area contributed by atoms with Gasteiger partial charge in [-0.1, -0.05) is 35.6 Å². The Morgan fingerprint density at radius 3 is 0.646 bits per heavy atom. The van der Waals surface area contributed by atoms with E-state index in [1.807, 2.05) is 57.7 Å². The van der Waals surface area contributed by atoms with Crippen molar-refractivity contribution < 1.29 is 4.42 Å². The zero-order valence-corrected chi connectivity index (χ0v) is 96.7. The molecule has 13 aromatic heterocycles. The summed E-state index contributed by atoms with van der Waals surface area (Å²) in [5.74, 6) is 1.93. The third kappa shape index (κ3) is 38.4. The Bertz CT molecular complexity index is 5550. The second kappa shape index (κ2) is 65.9. The molecule has 0 radical (unpaired) electrons. The van der Waals surface area contributed by atoms with E-state index in [2.05, 4.69) is 240 Å². The van der Waals surface area contributed by atoms with E-state index in [4.69, 9.17) is 71.7 Å². The van der Waals surface area contributed by atoms with Gasteiger partial charge in [0.2, 0.25) is 0 Å². The maximum atomic E-state index is 6.36. The molecule has 1 aliphatic rings. The van der Waals surface area contributed by atoms with Crippen molar-refractivity contribution in [3.63, 3.8) is 0 Å². The lowest BCUT2D eigenvalue weighted by Gasteiger charge is -2.08. The summed E-state index contributed by atoms with van der Waals surface area (Å²) < 4.78 is 6.36. The highest BCUT2D eigenvalue weighted by molar-refractivity contribution is 7.26. The van der Waals surface area contributed by atoms with Crippen LogP contribution >= 0.6 is 125 Å². The molecule has 14 aromatic rings. The second-order valence-corrected chi connectivity index (χ2v) is 49.8. The summed E-state index contributed by atoms with van der Waals surface area (Å²) in [7, 11) is 0. The van der Waals surface area contributed by atoms with Crippen LogP contribution in [0.15, 0.2) is 124 Å². The molecule has 38 heteroatoms. The number of benzene rings is 1. The molecule has 0 aliphatic carbocycles. The third-order valence-electron chi connectivity index (χ3n) is 23.8. The SMILES string of the molecule is Cc1cc(CCNCCN)c(-c2ccc(-c3sc(C)cc3CCNCCN)cc2)s1.Cc1cc(CCNCCN)c(-c2ccc(-c3sc(C)cc3CCNCCN)o2)s1.Cc1cc(CCNCCN)c(-c2cnc(-c3sc(C)cc3CCNCCN)cn2)s1.Cc1cc(CCNCCN)c(-c2nnc(-c3sc(C)cc3CCNCCN)s2)s1.Cc1cc(CCNCCN)c(C2=NN=C(c3sc(C)cc3CCNCCN)C2)s1. The average Bonchev–Trinajstić information content (AvgIpc) is 1.65. The van der Waals surface area contributed by atoms with Crippen molar-refractivity contribution >= 4 is 136 Å². The highest BCUT2D eigenvalue weighted by atomic mass is 32.1.